The van der Waals surface area contributed by atoms with Crippen molar-refractivity contribution in [1.82, 2.24) is 9.55 Å². The maximum Gasteiger partial charge on any atom is 0.0644 e. The molecule has 0 aliphatic rings. The predicted molar refractivity (Wildman–Crippen MR) is 166 cm³/mol. The average molecular weight is 567 g/mol. The molecule has 0 amide bonds. The van der Waals surface area contributed by atoms with Gasteiger partial charge in [-0.2, -0.15) is 0 Å². The van der Waals surface area contributed by atoms with Crippen LogP contribution >= 0.6 is 15.9 Å². The van der Waals surface area contributed by atoms with Crippen LogP contribution in [0.1, 0.15) is 0 Å². The highest BCUT2D eigenvalue weighted by Crippen LogP contribution is 2.37. The van der Waals surface area contributed by atoms with Gasteiger partial charge in [0.15, 0.2) is 0 Å². The van der Waals surface area contributed by atoms with E-state index in [1.54, 1.807) is 6.20 Å². The lowest BCUT2D eigenvalue weighted by molar-refractivity contribution is 1.18. The van der Waals surface area contributed by atoms with Gasteiger partial charge in [0, 0.05) is 38.5 Å². The van der Waals surface area contributed by atoms with E-state index in [1.807, 2.05) is 18.3 Å². The molecular formula is C35H24BrN3. The van der Waals surface area contributed by atoms with Crippen LogP contribution in [0.2, 0.25) is 0 Å². The lowest BCUT2D eigenvalue weighted by Crippen LogP contribution is -2.09. The molecule has 0 radical (unpaired) electrons. The second-order valence-corrected chi connectivity index (χ2v) is 10.4. The molecule has 186 valence electrons. The largest absolute Gasteiger partial charge is 0.309 e. The van der Waals surface area contributed by atoms with Crippen molar-refractivity contribution in [2.75, 3.05) is 4.90 Å². The summed E-state index contributed by atoms with van der Waals surface area (Å²) >= 11 is 3.79. The molecule has 0 spiro atoms. The first-order valence-corrected chi connectivity index (χ1v) is 13.7. The molecule has 0 atom stereocenters. The zero-order valence-electron chi connectivity index (χ0n) is 21.1. The summed E-state index contributed by atoms with van der Waals surface area (Å²) in [5.74, 6) is 0. The molecule has 7 rings (SSSR count). The van der Waals surface area contributed by atoms with Crippen molar-refractivity contribution in [3.05, 3.63) is 150 Å². The van der Waals surface area contributed by atoms with Crippen molar-refractivity contribution < 1.29 is 0 Å². The molecule has 0 unspecified atom stereocenters. The van der Waals surface area contributed by atoms with Gasteiger partial charge in [-0.05, 0) is 77.9 Å². The number of para-hydroxylation sites is 3. The van der Waals surface area contributed by atoms with Gasteiger partial charge in [-0.15, -0.1) is 0 Å². The van der Waals surface area contributed by atoms with Crippen molar-refractivity contribution in [2.45, 2.75) is 0 Å². The molecule has 0 aliphatic heterocycles. The highest BCUT2D eigenvalue weighted by atomic mass is 79.9. The van der Waals surface area contributed by atoms with Crippen molar-refractivity contribution >= 4 is 54.8 Å². The minimum atomic E-state index is 1.02. The van der Waals surface area contributed by atoms with E-state index in [0.717, 1.165) is 38.3 Å². The van der Waals surface area contributed by atoms with E-state index in [4.69, 9.17) is 0 Å². The van der Waals surface area contributed by atoms with E-state index in [9.17, 15) is 0 Å². The molecule has 5 aromatic carbocycles. The number of anilines is 3. The molecule has 0 saturated heterocycles. The monoisotopic (exact) mass is 565 g/mol. The summed E-state index contributed by atoms with van der Waals surface area (Å²) in [6.45, 7) is 0. The molecule has 7 aromatic rings. The number of hydrogen-bond donors (Lipinski definition) is 0. The molecule has 39 heavy (non-hydrogen) atoms. The van der Waals surface area contributed by atoms with Gasteiger partial charge in [-0.3, -0.25) is 4.98 Å². The lowest BCUT2D eigenvalue weighted by atomic mass is 10.0. The third-order valence-corrected chi connectivity index (χ3v) is 7.56. The maximum atomic E-state index is 4.36. The highest BCUT2D eigenvalue weighted by molar-refractivity contribution is 9.10. The highest BCUT2D eigenvalue weighted by Gasteiger charge is 2.15. The van der Waals surface area contributed by atoms with E-state index >= 15 is 0 Å². The predicted octanol–water partition coefficient (Wildman–Crippen LogP) is 10.1. The van der Waals surface area contributed by atoms with Gasteiger partial charge < -0.3 is 9.47 Å². The van der Waals surface area contributed by atoms with E-state index in [-0.39, 0.29) is 0 Å². The summed E-state index contributed by atoms with van der Waals surface area (Å²) in [5.41, 5.74) is 9.03. The first kappa shape index (κ1) is 23.4. The number of rotatable bonds is 5. The molecule has 0 fully saturated rings. The molecule has 2 heterocycles. The van der Waals surface area contributed by atoms with E-state index in [2.05, 4.69) is 152 Å². The van der Waals surface area contributed by atoms with E-state index in [0.29, 0.717) is 0 Å². The van der Waals surface area contributed by atoms with Gasteiger partial charge in [0.1, 0.15) is 0 Å². The third-order valence-electron chi connectivity index (χ3n) is 7.10. The number of benzene rings is 5. The molecule has 0 aliphatic carbocycles. The Morgan fingerprint density at radius 2 is 1.15 bits per heavy atom. The van der Waals surface area contributed by atoms with Crippen molar-refractivity contribution in [3.8, 4) is 16.8 Å². The molecule has 3 nitrogen and oxygen atoms in total. The van der Waals surface area contributed by atoms with Crippen LogP contribution < -0.4 is 4.90 Å². The number of pyridine rings is 1. The van der Waals surface area contributed by atoms with Crippen LogP contribution in [0.5, 0.6) is 0 Å². The van der Waals surface area contributed by atoms with Crippen LogP contribution in [0, 0.1) is 0 Å². The zero-order valence-corrected chi connectivity index (χ0v) is 22.7. The fraction of sp³-hybridized carbons (Fsp3) is 0. The Bertz CT molecular complexity index is 1820. The zero-order chi connectivity index (χ0) is 26.2. The summed E-state index contributed by atoms with van der Waals surface area (Å²) in [4.78, 5) is 6.58. The number of halogens is 1. The van der Waals surface area contributed by atoms with Crippen molar-refractivity contribution in [2.24, 2.45) is 0 Å². The molecule has 0 N–H and O–H groups in total. The number of nitrogens with zero attached hydrogens (tertiary/aromatic N) is 3. The standard InChI is InChI=1S/C35H24BrN3/c36-27-21-26(22-31(23-27)39-34-14-6-4-12-32(34)33-13-5-7-15-35(33)39)25-16-18-29(19-17-25)38(28-9-2-1-3-10-28)30-11-8-20-37-24-30/h1-24H. The van der Waals surface area contributed by atoms with Crippen LogP contribution in [0.4, 0.5) is 17.1 Å². The van der Waals surface area contributed by atoms with Crippen LogP contribution in [0.15, 0.2) is 150 Å². The van der Waals surface area contributed by atoms with Gasteiger partial charge in [-0.25, -0.2) is 0 Å². The number of aromatic nitrogens is 2. The Balaban J connectivity index is 1.33. The van der Waals surface area contributed by atoms with Crippen LogP contribution in [-0.2, 0) is 0 Å². The van der Waals surface area contributed by atoms with E-state index in [1.165, 1.54) is 21.8 Å². The molecule has 0 saturated carbocycles. The Morgan fingerprint density at radius 3 is 1.82 bits per heavy atom. The smallest absolute Gasteiger partial charge is 0.0644 e. The fourth-order valence-corrected chi connectivity index (χ4v) is 5.87. The van der Waals surface area contributed by atoms with E-state index < -0.39 is 0 Å². The Kier molecular flexibility index (Phi) is 5.95. The quantitative estimate of drug-likeness (QED) is 0.207. The van der Waals surface area contributed by atoms with Gasteiger partial charge >= 0.3 is 0 Å². The van der Waals surface area contributed by atoms with Crippen LogP contribution in [0.3, 0.4) is 0 Å². The molecular weight excluding hydrogens is 542 g/mol. The summed E-state index contributed by atoms with van der Waals surface area (Å²) in [6.07, 6.45) is 3.70. The fourth-order valence-electron chi connectivity index (χ4n) is 5.38. The Morgan fingerprint density at radius 1 is 0.538 bits per heavy atom. The topological polar surface area (TPSA) is 21.1 Å². The Hall–Kier alpha value is -4.67. The summed E-state index contributed by atoms with van der Waals surface area (Å²) in [7, 11) is 0. The summed E-state index contributed by atoms with van der Waals surface area (Å²) in [6, 6.07) is 47.1. The minimum absolute atomic E-state index is 1.02. The summed E-state index contributed by atoms with van der Waals surface area (Å²) < 4.78 is 3.40. The SMILES string of the molecule is Brc1cc(-c2ccc(N(c3ccccc3)c3cccnc3)cc2)cc(-n2c3ccccc3c3ccccc32)c1. The number of fused-ring (bicyclic) bond motifs is 3. The van der Waals surface area contributed by atoms with Gasteiger partial charge in [-0.1, -0.05) is 82.7 Å². The first-order valence-electron chi connectivity index (χ1n) is 12.9. The molecule has 2 aromatic heterocycles. The van der Waals surface area contributed by atoms with Crippen molar-refractivity contribution in [1.29, 1.82) is 0 Å². The first-order chi connectivity index (χ1) is 19.3. The normalized spacial score (nSPS) is 11.2. The Labute approximate surface area is 235 Å². The molecule has 0 bridgehead atoms. The maximum absolute atomic E-state index is 4.36. The van der Waals surface area contributed by atoms with Gasteiger partial charge in [0.05, 0.1) is 22.9 Å². The molecule has 4 heteroatoms. The third kappa shape index (κ3) is 4.29. The summed E-state index contributed by atoms with van der Waals surface area (Å²) in [5, 5.41) is 2.52. The van der Waals surface area contributed by atoms with Gasteiger partial charge in [0.25, 0.3) is 0 Å². The average Bonchev–Trinajstić information content (AvgIpc) is 3.33. The lowest BCUT2D eigenvalue weighted by Gasteiger charge is -2.25. The van der Waals surface area contributed by atoms with Crippen LogP contribution in [0.25, 0.3) is 38.6 Å². The second-order valence-electron chi connectivity index (χ2n) is 9.50. The van der Waals surface area contributed by atoms with Crippen molar-refractivity contribution in [3.63, 3.8) is 0 Å². The van der Waals surface area contributed by atoms with Gasteiger partial charge in [0.2, 0.25) is 0 Å². The minimum Gasteiger partial charge on any atom is -0.309 e. The number of hydrogen-bond acceptors (Lipinski definition) is 2. The second kappa shape index (κ2) is 9.90. The van der Waals surface area contributed by atoms with Crippen LogP contribution in [-0.4, -0.2) is 9.55 Å².